The Morgan fingerprint density at radius 3 is 2.77 bits per heavy atom. The number of carbonyl (C=O) groups is 2. The van der Waals surface area contributed by atoms with Crippen molar-refractivity contribution >= 4 is 29.4 Å². The zero-order chi connectivity index (χ0) is 25.1. The summed E-state index contributed by atoms with van der Waals surface area (Å²) in [6.45, 7) is 4.04. The van der Waals surface area contributed by atoms with Crippen LogP contribution in [0.3, 0.4) is 0 Å². The van der Waals surface area contributed by atoms with Crippen LogP contribution < -0.4 is 10.6 Å². The van der Waals surface area contributed by atoms with E-state index >= 15 is 0 Å². The fourth-order valence-corrected chi connectivity index (χ4v) is 4.42. The number of benzene rings is 2. The third kappa shape index (κ3) is 5.28. The summed E-state index contributed by atoms with van der Waals surface area (Å²) in [5.41, 5.74) is 4.42. The number of aromatic nitrogens is 2. The van der Waals surface area contributed by atoms with Crippen LogP contribution in [0.5, 0.6) is 0 Å². The first-order valence-corrected chi connectivity index (χ1v) is 11.8. The first-order chi connectivity index (χ1) is 16.8. The van der Waals surface area contributed by atoms with E-state index in [9.17, 15) is 14.7 Å². The molecule has 9 heteroatoms. The molecule has 2 aromatic carbocycles. The Bertz CT molecular complexity index is 1270. The van der Waals surface area contributed by atoms with E-state index in [4.69, 9.17) is 11.6 Å². The van der Waals surface area contributed by atoms with E-state index in [0.29, 0.717) is 40.8 Å². The molecule has 3 aromatic rings. The van der Waals surface area contributed by atoms with Gasteiger partial charge in [-0.25, -0.2) is 9.97 Å². The molecule has 3 N–H and O–H groups in total. The molecule has 2 unspecified atom stereocenters. The van der Waals surface area contributed by atoms with E-state index in [0.717, 1.165) is 16.7 Å². The van der Waals surface area contributed by atoms with Crippen molar-refractivity contribution < 1.29 is 14.7 Å². The summed E-state index contributed by atoms with van der Waals surface area (Å²) in [4.78, 5) is 36.1. The van der Waals surface area contributed by atoms with Gasteiger partial charge in [0.2, 0.25) is 11.9 Å². The molecule has 2 heterocycles. The van der Waals surface area contributed by atoms with Crippen molar-refractivity contribution in [3.8, 4) is 11.3 Å². The second-order valence-electron chi connectivity index (χ2n) is 8.61. The Morgan fingerprint density at radius 2 is 2.06 bits per heavy atom. The van der Waals surface area contributed by atoms with Gasteiger partial charge in [0.1, 0.15) is 6.54 Å². The molecule has 0 fully saturated rings. The van der Waals surface area contributed by atoms with Gasteiger partial charge in [-0.3, -0.25) is 9.59 Å². The molecule has 4 rings (SSSR count). The number of aryl methyl sites for hydroxylation is 1. The van der Waals surface area contributed by atoms with Gasteiger partial charge in [-0.15, -0.1) is 0 Å². The molecule has 0 spiro atoms. The Balaban J connectivity index is 1.50. The molecule has 8 nitrogen and oxygen atoms in total. The van der Waals surface area contributed by atoms with Crippen LogP contribution in [0, 0.1) is 6.92 Å². The van der Waals surface area contributed by atoms with Crippen molar-refractivity contribution in [1.82, 2.24) is 20.2 Å². The Labute approximate surface area is 209 Å². The maximum absolute atomic E-state index is 13.1. The van der Waals surface area contributed by atoms with E-state index in [1.165, 1.54) is 11.1 Å². The second-order valence-corrected chi connectivity index (χ2v) is 9.02. The molecule has 1 aliphatic heterocycles. The van der Waals surface area contributed by atoms with E-state index in [-0.39, 0.29) is 18.4 Å². The van der Waals surface area contributed by atoms with E-state index in [2.05, 4.69) is 20.6 Å². The number of anilines is 1. The first-order valence-electron chi connectivity index (χ1n) is 11.5. The molecule has 0 saturated heterocycles. The van der Waals surface area contributed by atoms with Crippen molar-refractivity contribution in [3.63, 3.8) is 0 Å². The summed E-state index contributed by atoms with van der Waals surface area (Å²) in [7, 11) is 1.71. The van der Waals surface area contributed by atoms with Crippen LogP contribution in [-0.4, -0.2) is 51.5 Å². The second kappa shape index (κ2) is 10.4. The highest BCUT2D eigenvalue weighted by atomic mass is 35.5. The van der Waals surface area contributed by atoms with Crippen LogP contribution >= 0.6 is 11.6 Å². The minimum atomic E-state index is -0.741. The number of carbonyl (C=O) groups excluding carboxylic acids is 2. The predicted octanol–water partition coefficient (Wildman–Crippen LogP) is 3.73. The van der Waals surface area contributed by atoms with Crippen LogP contribution in [0.25, 0.3) is 11.3 Å². The number of amides is 2. The van der Waals surface area contributed by atoms with Crippen molar-refractivity contribution in [1.29, 1.82) is 0 Å². The summed E-state index contributed by atoms with van der Waals surface area (Å²) >= 11 is 6.30. The third-order valence-corrected chi connectivity index (χ3v) is 6.36. The Hall–Kier alpha value is -3.49. The zero-order valence-electron chi connectivity index (χ0n) is 19.9. The molecule has 35 heavy (non-hydrogen) atoms. The van der Waals surface area contributed by atoms with Gasteiger partial charge in [0, 0.05) is 24.7 Å². The smallest absolute Gasteiger partial charge is 0.254 e. The van der Waals surface area contributed by atoms with Crippen molar-refractivity contribution in [2.45, 2.75) is 39.0 Å². The summed E-state index contributed by atoms with van der Waals surface area (Å²) in [5.74, 6) is -0.144. The number of fused-ring (bicyclic) bond motifs is 1. The minimum absolute atomic E-state index is 0.111. The molecule has 0 saturated carbocycles. The molecular weight excluding hydrogens is 466 g/mol. The lowest BCUT2D eigenvalue weighted by molar-refractivity contribution is -0.123. The molecular formula is C26H28ClN5O3. The van der Waals surface area contributed by atoms with Gasteiger partial charge >= 0.3 is 0 Å². The van der Waals surface area contributed by atoms with Crippen LogP contribution in [0.1, 0.15) is 46.4 Å². The molecule has 1 aliphatic rings. The molecule has 2 amide bonds. The number of nitrogens with one attached hydrogen (secondary N) is 2. The lowest BCUT2D eigenvalue weighted by Gasteiger charge is -2.25. The average Bonchev–Trinajstić information content (AvgIpc) is 3.16. The van der Waals surface area contributed by atoms with Crippen molar-refractivity contribution in [2.24, 2.45) is 0 Å². The maximum Gasteiger partial charge on any atom is 0.254 e. The summed E-state index contributed by atoms with van der Waals surface area (Å²) < 4.78 is 0. The topological polar surface area (TPSA) is 107 Å². The quantitative estimate of drug-likeness (QED) is 0.441. The summed E-state index contributed by atoms with van der Waals surface area (Å²) in [6, 6.07) is 12.6. The molecule has 2 atom stereocenters. The van der Waals surface area contributed by atoms with Gasteiger partial charge in [-0.05, 0) is 30.5 Å². The minimum Gasteiger partial charge on any atom is -0.391 e. The first kappa shape index (κ1) is 24.6. The van der Waals surface area contributed by atoms with Gasteiger partial charge in [-0.2, -0.15) is 0 Å². The van der Waals surface area contributed by atoms with Crippen molar-refractivity contribution in [2.75, 3.05) is 18.9 Å². The Kier molecular flexibility index (Phi) is 7.33. The number of hydrogen-bond donors (Lipinski definition) is 3. The van der Waals surface area contributed by atoms with Gasteiger partial charge in [0.25, 0.3) is 5.91 Å². The molecule has 0 radical (unpaired) electrons. The van der Waals surface area contributed by atoms with Gasteiger partial charge in [0.15, 0.2) is 0 Å². The van der Waals surface area contributed by atoms with Crippen LogP contribution in [-0.2, 0) is 11.3 Å². The van der Waals surface area contributed by atoms with Crippen LogP contribution in [0.4, 0.5) is 5.95 Å². The van der Waals surface area contributed by atoms with Gasteiger partial charge in [-0.1, -0.05) is 60.5 Å². The fourth-order valence-electron chi connectivity index (χ4n) is 4.22. The number of nitrogens with zero attached hydrogens (tertiary/aromatic N) is 3. The maximum atomic E-state index is 13.1. The van der Waals surface area contributed by atoms with E-state index in [1.807, 2.05) is 50.2 Å². The standard InChI is InChI=1S/C26H28ClN5O3/c1-4-21(33)24(16-7-5-6-15(2)10-16)30-22(34)14-32-13-18-9-8-17(11-19(18)25(32)35)23-20(27)12-29-26(28-3)31-23/h5-12,21,24,33H,4,13-14H2,1-3H3,(H,30,34)(H,28,29,31). The predicted molar refractivity (Wildman–Crippen MR) is 135 cm³/mol. The van der Waals surface area contributed by atoms with Crippen molar-refractivity contribution in [3.05, 3.63) is 75.9 Å². The van der Waals surface area contributed by atoms with Gasteiger partial charge in [0.05, 0.1) is 29.1 Å². The number of aliphatic hydroxyl groups excluding tert-OH is 1. The van der Waals surface area contributed by atoms with Crippen LogP contribution in [0.15, 0.2) is 48.7 Å². The molecule has 0 aliphatic carbocycles. The van der Waals surface area contributed by atoms with E-state index in [1.54, 1.807) is 13.1 Å². The van der Waals surface area contributed by atoms with Gasteiger partial charge < -0.3 is 20.6 Å². The molecule has 0 bridgehead atoms. The largest absolute Gasteiger partial charge is 0.391 e. The summed E-state index contributed by atoms with van der Waals surface area (Å²) in [5, 5.41) is 16.7. The summed E-state index contributed by atoms with van der Waals surface area (Å²) in [6.07, 6.45) is 1.25. The SMILES string of the molecule is CCC(O)C(NC(=O)CN1Cc2ccc(-c3nc(NC)ncc3Cl)cc2C1=O)c1cccc(C)c1. The Morgan fingerprint density at radius 1 is 1.26 bits per heavy atom. The molecule has 182 valence electrons. The highest BCUT2D eigenvalue weighted by Gasteiger charge is 2.31. The monoisotopic (exact) mass is 493 g/mol. The number of rotatable bonds is 8. The number of aliphatic hydroxyl groups is 1. The normalized spacial score (nSPS) is 14.4. The van der Waals surface area contributed by atoms with Crippen LogP contribution in [0.2, 0.25) is 5.02 Å². The number of hydrogen-bond acceptors (Lipinski definition) is 6. The zero-order valence-corrected chi connectivity index (χ0v) is 20.6. The third-order valence-electron chi connectivity index (χ3n) is 6.09. The lowest BCUT2D eigenvalue weighted by Crippen LogP contribution is -2.42. The highest BCUT2D eigenvalue weighted by Crippen LogP contribution is 2.31. The average molecular weight is 494 g/mol. The van der Waals surface area contributed by atoms with E-state index < -0.39 is 12.1 Å². The number of halogens is 1. The molecule has 1 aromatic heterocycles. The highest BCUT2D eigenvalue weighted by molar-refractivity contribution is 6.33. The fraction of sp³-hybridized carbons (Fsp3) is 0.308. The lowest BCUT2D eigenvalue weighted by atomic mass is 9.98.